The minimum Gasteiger partial charge on any atom is -0.462 e. The van der Waals surface area contributed by atoms with Crippen molar-refractivity contribution in [2.24, 2.45) is 0 Å². The number of aliphatic hydroxyl groups excluding tert-OH is 7. The second kappa shape index (κ2) is 41.7. The second-order valence-electron chi connectivity index (χ2n) is 19.8. The van der Waals surface area contributed by atoms with E-state index < -0.39 is 92.7 Å². The Kier molecular flexibility index (Phi) is 38.3. The molecule has 2 aliphatic rings. The highest BCUT2D eigenvalue weighted by Crippen LogP contribution is 2.27. The third-order valence-electron chi connectivity index (χ3n) is 13.5. The molecule has 0 aromatic heterocycles. The van der Waals surface area contributed by atoms with E-state index in [9.17, 15) is 45.3 Å². The van der Waals surface area contributed by atoms with E-state index >= 15 is 0 Å². The molecule has 11 atom stereocenters. The largest absolute Gasteiger partial charge is 0.462 e. The van der Waals surface area contributed by atoms with Crippen LogP contribution in [0.1, 0.15) is 226 Å². The van der Waals surface area contributed by atoms with E-state index in [2.05, 4.69) is 26.0 Å². The molecule has 4 unspecified atom stereocenters. The molecule has 2 aliphatic heterocycles. The molecule has 0 aromatic rings. The van der Waals surface area contributed by atoms with Gasteiger partial charge in [-0.3, -0.25) is 9.59 Å². The van der Waals surface area contributed by atoms with E-state index in [1.165, 1.54) is 148 Å². The van der Waals surface area contributed by atoms with Crippen LogP contribution in [0.15, 0.2) is 12.2 Å². The Bertz CT molecular complexity index is 1250. The van der Waals surface area contributed by atoms with E-state index in [1.54, 1.807) is 0 Å². The molecule has 15 heteroatoms. The van der Waals surface area contributed by atoms with Crippen molar-refractivity contribution in [2.75, 3.05) is 26.4 Å². The van der Waals surface area contributed by atoms with Gasteiger partial charge in [-0.15, -0.1) is 0 Å². The lowest BCUT2D eigenvalue weighted by atomic mass is 9.98. The maximum Gasteiger partial charge on any atom is 0.306 e. The molecule has 0 aliphatic carbocycles. The van der Waals surface area contributed by atoms with Crippen molar-refractivity contribution >= 4 is 11.9 Å². The lowest BCUT2D eigenvalue weighted by Gasteiger charge is -2.42. The van der Waals surface area contributed by atoms with Gasteiger partial charge in [-0.25, -0.2) is 0 Å². The van der Waals surface area contributed by atoms with Crippen LogP contribution >= 0.6 is 0 Å². The van der Waals surface area contributed by atoms with Crippen molar-refractivity contribution in [3.05, 3.63) is 12.2 Å². The Balaban J connectivity index is 1.78. The van der Waals surface area contributed by atoms with Crippen LogP contribution in [0.5, 0.6) is 0 Å². The molecule has 2 rings (SSSR count). The molecule has 0 saturated carbocycles. The molecule has 0 spiro atoms. The number of ether oxygens (including phenoxy) is 6. The molecule has 15 nitrogen and oxygen atoms in total. The fourth-order valence-corrected chi connectivity index (χ4v) is 8.92. The molecular weight excluding hydrogens is 889 g/mol. The summed E-state index contributed by atoms with van der Waals surface area (Å²) in [4.78, 5) is 25.8. The van der Waals surface area contributed by atoms with Gasteiger partial charge in [0, 0.05) is 12.8 Å². The van der Waals surface area contributed by atoms with Gasteiger partial charge in [0.15, 0.2) is 18.7 Å². The van der Waals surface area contributed by atoms with Gasteiger partial charge in [-0.1, -0.05) is 187 Å². The highest BCUT2D eigenvalue weighted by Gasteiger charge is 2.47. The summed E-state index contributed by atoms with van der Waals surface area (Å²) in [5.41, 5.74) is 0. The summed E-state index contributed by atoms with van der Waals surface area (Å²) in [6.07, 6.45) is 25.2. The number of hydrogen-bond donors (Lipinski definition) is 7. The Morgan fingerprint density at radius 1 is 0.449 bits per heavy atom. The van der Waals surface area contributed by atoms with Gasteiger partial charge < -0.3 is 64.2 Å². The predicted molar refractivity (Wildman–Crippen MR) is 266 cm³/mol. The molecule has 2 heterocycles. The van der Waals surface area contributed by atoms with Gasteiger partial charge in [-0.05, 0) is 38.5 Å². The van der Waals surface area contributed by atoms with Gasteiger partial charge in [0.1, 0.15) is 55.4 Å². The fourth-order valence-electron chi connectivity index (χ4n) is 8.92. The molecule has 0 amide bonds. The smallest absolute Gasteiger partial charge is 0.306 e. The number of unbranched alkanes of at least 4 members (excludes halogenated alkanes) is 28. The molecule has 0 radical (unpaired) electrons. The standard InChI is InChI=1S/C54H100O15/c1-3-5-7-9-11-13-15-17-19-20-21-23-25-27-29-31-33-35-37-46(57)67-42(39-64-45(56)36-34-32-30-28-26-24-22-18-16-14-12-10-8-6-4-2)40-65-53-52(63)50(61)48(59)44(69-53)41-66-54-51(62)49(60)47(58)43(38-55)68-54/h26,28,42-44,47-55,58-63H,3-25,27,29-41H2,1-2H3/b28-26+/t42-,43+,44+,47-,48-,49?,50?,51?,52?,53+,54+/m1/s1. The predicted octanol–water partition coefficient (Wildman–Crippen LogP) is 8.55. The summed E-state index contributed by atoms with van der Waals surface area (Å²) in [6, 6.07) is 0. The SMILES string of the molecule is CCCCCCCCCCC/C=C/CCCCC(=O)OC[C@H](CO[C@H]1O[C@@H](CO[C@H]2O[C@@H](CO)[C@@H](O)C(O)C2O)[C@@H](O)C(O)C1O)OC(=O)CCCCCCCCCCCCCCCCCCCC. The first-order chi connectivity index (χ1) is 33.5. The maximum absolute atomic E-state index is 13.0. The summed E-state index contributed by atoms with van der Waals surface area (Å²) in [7, 11) is 0. The lowest BCUT2D eigenvalue weighted by Crippen LogP contribution is -2.61. The average molecular weight is 989 g/mol. The molecule has 2 saturated heterocycles. The average Bonchev–Trinajstić information content (AvgIpc) is 3.34. The zero-order valence-electron chi connectivity index (χ0n) is 43.1. The maximum atomic E-state index is 13.0. The summed E-state index contributed by atoms with van der Waals surface area (Å²) >= 11 is 0. The van der Waals surface area contributed by atoms with E-state index in [1.807, 2.05) is 0 Å². The first kappa shape index (κ1) is 63.4. The van der Waals surface area contributed by atoms with Gasteiger partial charge in [0.2, 0.25) is 0 Å². The van der Waals surface area contributed by atoms with Gasteiger partial charge in [0.05, 0.1) is 19.8 Å². The van der Waals surface area contributed by atoms with Crippen LogP contribution in [0.4, 0.5) is 0 Å². The van der Waals surface area contributed by atoms with Gasteiger partial charge >= 0.3 is 11.9 Å². The number of carbonyl (C=O) groups is 2. The zero-order chi connectivity index (χ0) is 50.3. The number of aliphatic hydroxyl groups is 7. The van der Waals surface area contributed by atoms with Crippen molar-refractivity contribution in [1.82, 2.24) is 0 Å². The van der Waals surface area contributed by atoms with Crippen molar-refractivity contribution in [3.8, 4) is 0 Å². The first-order valence-electron chi connectivity index (χ1n) is 27.8. The van der Waals surface area contributed by atoms with Crippen LogP contribution < -0.4 is 0 Å². The van der Waals surface area contributed by atoms with E-state index in [0.717, 1.165) is 38.5 Å². The minimum atomic E-state index is -1.76. The number of hydrogen-bond acceptors (Lipinski definition) is 15. The van der Waals surface area contributed by atoms with Crippen molar-refractivity contribution in [1.29, 1.82) is 0 Å². The molecule has 0 bridgehead atoms. The summed E-state index contributed by atoms with van der Waals surface area (Å²) in [5, 5.41) is 72.2. The molecular formula is C54H100O15. The minimum absolute atomic E-state index is 0.167. The van der Waals surface area contributed by atoms with Crippen molar-refractivity contribution < 1.29 is 73.8 Å². The van der Waals surface area contributed by atoms with E-state index in [-0.39, 0.29) is 26.1 Å². The normalized spacial score (nSPS) is 25.6. The number of carbonyl (C=O) groups excluding carboxylic acids is 2. The van der Waals surface area contributed by atoms with E-state index in [4.69, 9.17) is 28.4 Å². The number of rotatable bonds is 44. The molecule has 7 N–H and O–H groups in total. The molecule has 406 valence electrons. The second-order valence-corrected chi connectivity index (χ2v) is 19.8. The molecule has 0 aromatic carbocycles. The van der Waals surface area contributed by atoms with Crippen molar-refractivity contribution in [3.63, 3.8) is 0 Å². The van der Waals surface area contributed by atoms with Crippen LogP contribution in [0, 0.1) is 0 Å². The monoisotopic (exact) mass is 989 g/mol. The Hall–Kier alpha value is -1.76. The van der Waals surface area contributed by atoms with Crippen molar-refractivity contribution in [2.45, 2.75) is 293 Å². The quantitative estimate of drug-likeness (QED) is 0.0172. The Labute approximate surface area is 416 Å². The Morgan fingerprint density at radius 2 is 0.826 bits per heavy atom. The summed E-state index contributed by atoms with van der Waals surface area (Å²) < 4.78 is 33.6. The van der Waals surface area contributed by atoms with Crippen LogP contribution in [0.2, 0.25) is 0 Å². The summed E-state index contributed by atoms with van der Waals surface area (Å²) in [5.74, 6) is -0.937. The van der Waals surface area contributed by atoms with E-state index in [0.29, 0.717) is 12.8 Å². The lowest BCUT2D eigenvalue weighted by molar-refractivity contribution is -0.332. The zero-order valence-corrected chi connectivity index (χ0v) is 43.1. The Morgan fingerprint density at radius 3 is 1.30 bits per heavy atom. The highest BCUT2D eigenvalue weighted by atomic mass is 16.7. The number of allylic oxidation sites excluding steroid dienone is 2. The topological polar surface area (TPSA) is 231 Å². The first-order valence-corrected chi connectivity index (χ1v) is 27.8. The van der Waals surface area contributed by atoms with Gasteiger partial charge in [-0.2, -0.15) is 0 Å². The molecule has 2 fully saturated rings. The number of esters is 2. The third-order valence-corrected chi connectivity index (χ3v) is 13.5. The van der Waals surface area contributed by atoms with Gasteiger partial charge in [0.25, 0.3) is 0 Å². The van der Waals surface area contributed by atoms with Crippen LogP contribution in [-0.4, -0.2) is 142 Å². The fraction of sp³-hybridized carbons (Fsp3) is 0.926. The van der Waals surface area contributed by atoms with Crippen LogP contribution in [0.25, 0.3) is 0 Å². The summed E-state index contributed by atoms with van der Waals surface area (Å²) in [6.45, 7) is 2.61. The van der Waals surface area contributed by atoms with Crippen LogP contribution in [-0.2, 0) is 38.0 Å². The third kappa shape index (κ3) is 29.5. The van der Waals surface area contributed by atoms with Crippen LogP contribution in [0.3, 0.4) is 0 Å². The highest BCUT2D eigenvalue weighted by molar-refractivity contribution is 5.70. The molecule has 69 heavy (non-hydrogen) atoms.